The number of ether oxygens (including phenoxy) is 1. The molecule has 0 aliphatic carbocycles. The highest BCUT2D eigenvalue weighted by molar-refractivity contribution is 5.69. The topological polar surface area (TPSA) is 26.3 Å². The van der Waals surface area contributed by atoms with Gasteiger partial charge in [-0.25, -0.2) is 0 Å². The summed E-state index contributed by atoms with van der Waals surface area (Å²) >= 11 is 0. The van der Waals surface area contributed by atoms with Gasteiger partial charge < -0.3 is 4.74 Å². The van der Waals surface area contributed by atoms with E-state index in [0.29, 0.717) is 13.0 Å². The Hall–Kier alpha value is -0.790. The molecule has 0 aliphatic rings. The third-order valence-corrected chi connectivity index (χ3v) is 13.6. The van der Waals surface area contributed by atoms with Crippen molar-refractivity contribution in [3.8, 4) is 0 Å². The Kier molecular flexibility index (Phi) is 54.6. The van der Waals surface area contributed by atoms with E-state index in [1.165, 1.54) is 308 Å². The molecule has 0 heterocycles. The van der Waals surface area contributed by atoms with Crippen molar-refractivity contribution in [2.75, 3.05) is 6.61 Å². The number of allylic oxidation sites excluding steroid dienone is 2. The number of carbonyl (C=O) groups is 1. The van der Waals surface area contributed by atoms with Crippen LogP contribution in [0.3, 0.4) is 0 Å². The average molecular weight is 858 g/mol. The Balaban J connectivity index is 3.14. The molecule has 0 saturated heterocycles. The lowest BCUT2D eigenvalue weighted by atomic mass is 10.0. The molecule has 2 nitrogen and oxygen atoms in total. The first-order chi connectivity index (χ1) is 30.2. The lowest BCUT2D eigenvalue weighted by Gasteiger charge is -2.06. The standard InChI is InChI=1S/C59H116O2/c1-4-5-6-7-8-9-10-11-12-31-35-38-41-44-47-50-53-56-59(60)61-57-54-51-48-45-42-39-36-33-30-28-26-24-22-20-18-16-14-13-15-17-19-21-23-25-27-29-32-34-37-40-43-46-49-52-55-58(2)3/h9-10,58H,4-8,11-57H2,1-3H3. The van der Waals surface area contributed by atoms with Crippen molar-refractivity contribution in [1.29, 1.82) is 0 Å². The van der Waals surface area contributed by atoms with Gasteiger partial charge in [0.15, 0.2) is 0 Å². The normalized spacial score (nSPS) is 11.8. The van der Waals surface area contributed by atoms with Gasteiger partial charge in [0.05, 0.1) is 6.61 Å². The van der Waals surface area contributed by atoms with Gasteiger partial charge in [0.1, 0.15) is 0 Å². The van der Waals surface area contributed by atoms with Crippen molar-refractivity contribution in [2.45, 2.75) is 348 Å². The fraction of sp³-hybridized carbons (Fsp3) is 0.949. The van der Waals surface area contributed by atoms with Crippen LogP contribution in [0.1, 0.15) is 348 Å². The van der Waals surface area contributed by atoms with Gasteiger partial charge >= 0.3 is 5.97 Å². The van der Waals surface area contributed by atoms with Crippen molar-refractivity contribution in [2.24, 2.45) is 5.92 Å². The lowest BCUT2D eigenvalue weighted by molar-refractivity contribution is -0.143. The van der Waals surface area contributed by atoms with Gasteiger partial charge in [0, 0.05) is 6.42 Å². The molecule has 0 unspecified atom stereocenters. The van der Waals surface area contributed by atoms with Gasteiger partial charge in [0.25, 0.3) is 0 Å². The summed E-state index contributed by atoms with van der Waals surface area (Å²) in [7, 11) is 0. The summed E-state index contributed by atoms with van der Waals surface area (Å²) in [6.07, 6.45) is 75.4. The molecule has 0 fully saturated rings. The van der Waals surface area contributed by atoms with E-state index in [-0.39, 0.29) is 5.97 Å². The summed E-state index contributed by atoms with van der Waals surface area (Å²) in [6, 6.07) is 0. The third kappa shape index (κ3) is 57.2. The SMILES string of the molecule is CCCCCCC=CCCCCCCCCCCCC(=O)OCCCCCCCCCCCCCCCCCCCCCCCCCCCCCCCCCCCCC(C)C. The molecule has 0 N–H and O–H groups in total. The lowest BCUT2D eigenvalue weighted by Crippen LogP contribution is -2.05. The van der Waals surface area contributed by atoms with E-state index in [1.54, 1.807) is 0 Å². The van der Waals surface area contributed by atoms with Crippen LogP contribution in [0.5, 0.6) is 0 Å². The second kappa shape index (κ2) is 55.3. The van der Waals surface area contributed by atoms with Crippen molar-refractivity contribution in [1.82, 2.24) is 0 Å². The highest BCUT2D eigenvalue weighted by Crippen LogP contribution is 2.18. The average Bonchev–Trinajstić information content (AvgIpc) is 3.25. The van der Waals surface area contributed by atoms with Crippen molar-refractivity contribution in [3.05, 3.63) is 12.2 Å². The third-order valence-electron chi connectivity index (χ3n) is 13.6. The second-order valence-electron chi connectivity index (χ2n) is 20.5. The smallest absolute Gasteiger partial charge is 0.305 e. The molecule has 0 rings (SSSR count). The predicted octanol–water partition coefficient (Wildman–Crippen LogP) is 21.7. The Labute approximate surface area is 386 Å². The minimum Gasteiger partial charge on any atom is -0.466 e. The molecule has 364 valence electrons. The second-order valence-corrected chi connectivity index (χ2v) is 20.5. The van der Waals surface area contributed by atoms with Gasteiger partial charge in [-0.3, -0.25) is 4.79 Å². The van der Waals surface area contributed by atoms with Crippen LogP contribution < -0.4 is 0 Å². The van der Waals surface area contributed by atoms with E-state index in [9.17, 15) is 4.79 Å². The van der Waals surface area contributed by atoms with Crippen molar-refractivity contribution < 1.29 is 9.53 Å². The van der Waals surface area contributed by atoms with Crippen molar-refractivity contribution >= 4 is 5.97 Å². The molecular formula is C59H116O2. The number of hydrogen-bond donors (Lipinski definition) is 0. The molecule has 0 aromatic carbocycles. The monoisotopic (exact) mass is 857 g/mol. The summed E-state index contributed by atoms with van der Waals surface area (Å²) in [4.78, 5) is 12.1. The van der Waals surface area contributed by atoms with Crippen LogP contribution in [0.25, 0.3) is 0 Å². The highest BCUT2D eigenvalue weighted by Gasteiger charge is 2.03. The summed E-state index contributed by atoms with van der Waals surface area (Å²) in [5, 5.41) is 0. The fourth-order valence-electron chi connectivity index (χ4n) is 9.26. The number of unbranched alkanes of at least 4 members (excludes halogenated alkanes) is 46. The maximum absolute atomic E-state index is 12.1. The number of carbonyl (C=O) groups excluding carboxylic acids is 1. The molecule has 0 amide bonds. The van der Waals surface area contributed by atoms with E-state index in [1.807, 2.05) is 0 Å². The molecule has 0 atom stereocenters. The Bertz CT molecular complexity index is 816. The van der Waals surface area contributed by atoms with E-state index >= 15 is 0 Å². The van der Waals surface area contributed by atoms with E-state index in [2.05, 4.69) is 32.9 Å². The van der Waals surface area contributed by atoms with Crippen LogP contribution in [-0.4, -0.2) is 12.6 Å². The number of hydrogen-bond acceptors (Lipinski definition) is 2. The first kappa shape index (κ1) is 60.2. The molecule has 0 spiro atoms. The van der Waals surface area contributed by atoms with Crippen LogP contribution in [-0.2, 0) is 9.53 Å². The fourth-order valence-corrected chi connectivity index (χ4v) is 9.26. The largest absolute Gasteiger partial charge is 0.466 e. The van der Waals surface area contributed by atoms with E-state index < -0.39 is 0 Å². The molecule has 0 aromatic heterocycles. The first-order valence-electron chi connectivity index (χ1n) is 29.0. The number of esters is 1. The molecule has 61 heavy (non-hydrogen) atoms. The minimum absolute atomic E-state index is 0.0289. The van der Waals surface area contributed by atoms with E-state index in [0.717, 1.165) is 18.8 Å². The predicted molar refractivity (Wildman–Crippen MR) is 276 cm³/mol. The highest BCUT2D eigenvalue weighted by atomic mass is 16.5. The molecule has 0 bridgehead atoms. The van der Waals surface area contributed by atoms with Crippen LogP contribution in [0.15, 0.2) is 12.2 Å². The Morgan fingerprint density at radius 3 is 0.869 bits per heavy atom. The first-order valence-corrected chi connectivity index (χ1v) is 29.0. The Morgan fingerprint density at radius 2 is 0.574 bits per heavy atom. The van der Waals surface area contributed by atoms with Gasteiger partial charge in [-0.15, -0.1) is 0 Å². The molecule has 2 heteroatoms. The van der Waals surface area contributed by atoms with Crippen LogP contribution in [0.2, 0.25) is 0 Å². The van der Waals surface area contributed by atoms with Crippen LogP contribution in [0.4, 0.5) is 0 Å². The van der Waals surface area contributed by atoms with Gasteiger partial charge in [-0.2, -0.15) is 0 Å². The summed E-state index contributed by atoms with van der Waals surface area (Å²) < 4.78 is 5.50. The minimum atomic E-state index is 0.0289. The van der Waals surface area contributed by atoms with Gasteiger partial charge in [-0.05, 0) is 44.4 Å². The zero-order valence-electron chi connectivity index (χ0n) is 42.8. The van der Waals surface area contributed by atoms with Crippen LogP contribution >= 0.6 is 0 Å². The van der Waals surface area contributed by atoms with Gasteiger partial charge in [0.2, 0.25) is 0 Å². The summed E-state index contributed by atoms with van der Waals surface area (Å²) in [5.74, 6) is 0.919. The molecular weight excluding hydrogens is 741 g/mol. The van der Waals surface area contributed by atoms with E-state index in [4.69, 9.17) is 4.74 Å². The molecule has 0 radical (unpaired) electrons. The van der Waals surface area contributed by atoms with Crippen molar-refractivity contribution in [3.63, 3.8) is 0 Å². The maximum Gasteiger partial charge on any atom is 0.305 e. The number of rotatable bonds is 54. The molecule has 0 saturated carbocycles. The summed E-state index contributed by atoms with van der Waals surface area (Å²) in [6.45, 7) is 7.61. The summed E-state index contributed by atoms with van der Waals surface area (Å²) in [5.41, 5.74) is 0. The molecule has 0 aromatic rings. The maximum atomic E-state index is 12.1. The van der Waals surface area contributed by atoms with Gasteiger partial charge in [-0.1, -0.05) is 315 Å². The van der Waals surface area contributed by atoms with Crippen LogP contribution in [0, 0.1) is 5.92 Å². The Morgan fingerprint density at radius 1 is 0.328 bits per heavy atom. The molecule has 0 aliphatic heterocycles. The zero-order valence-corrected chi connectivity index (χ0v) is 42.8. The quantitative estimate of drug-likeness (QED) is 0.0346. The zero-order chi connectivity index (χ0) is 44.0.